The van der Waals surface area contributed by atoms with E-state index in [1.165, 1.54) is 12.2 Å². The number of benzene rings is 1. The fourth-order valence-electron chi connectivity index (χ4n) is 2.11. The van der Waals surface area contributed by atoms with Crippen LogP contribution < -0.4 is 5.32 Å². The predicted octanol–water partition coefficient (Wildman–Crippen LogP) is 2.36. The minimum absolute atomic E-state index is 0.0688. The molecule has 0 saturated carbocycles. The van der Waals surface area contributed by atoms with Crippen LogP contribution in [0.25, 0.3) is 17.2 Å². The van der Waals surface area contributed by atoms with Gasteiger partial charge in [0.05, 0.1) is 12.6 Å². The number of rotatable bonds is 6. The molecule has 112 valence electrons. The zero-order valence-corrected chi connectivity index (χ0v) is 12.2. The third-order valence-electron chi connectivity index (χ3n) is 3.01. The van der Waals surface area contributed by atoms with Gasteiger partial charge in [-0.3, -0.25) is 4.79 Å². The first-order valence-corrected chi connectivity index (χ1v) is 7.03. The highest BCUT2D eigenvalue weighted by Crippen LogP contribution is 2.15. The summed E-state index contributed by atoms with van der Waals surface area (Å²) in [5, 5.41) is 12.0. The summed E-state index contributed by atoms with van der Waals surface area (Å²) in [7, 11) is 0. The number of hydrogen-bond donors (Lipinski definition) is 2. The third-order valence-corrected chi connectivity index (χ3v) is 3.01. The maximum absolute atomic E-state index is 11.8. The Hall–Kier alpha value is -2.14. The van der Waals surface area contributed by atoms with Crippen molar-refractivity contribution in [2.75, 3.05) is 6.61 Å². The number of nitrogens with zero attached hydrogens (tertiary/aromatic N) is 1. The van der Waals surface area contributed by atoms with Gasteiger partial charge in [-0.25, -0.2) is 4.98 Å². The van der Waals surface area contributed by atoms with Crippen molar-refractivity contribution in [1.82, 2.24) is 10.3 Å². The highest BCUT2D eigenvalue weighted by Gasteiger charge is 2.11. The molecule has 0 aliphatic carbocycles. The summed E-state index contributed by atoms with van der Waals surface area (Å²) in [6.45, 7) is 4.02. The van der Waals surface area contributed by atoms with E-state index in [1.54, 1.807) is 0 Å². The number of aliphatic hydroxyl groups is 1. The highest BCUT2D eigenvalue weighted by atomic mass is 16.3. The lowest BCUT2D eigenvalue weighted by molar-refractivity contribution is -0.117. The zero-order chi connectivity index (χ0) is 15.2. The molecule has 0 saturated heterocycles. The number of fused-ring (bicyclic) bond motifs is 1. The van der Waals surface area contributed by atoms with Crippen LogP contribution in [-0.4, -0.2) is 28.6 Å². The van der Waals surface area contributed by atoms with Gasteiger partial charge in [0, 0.05) is 12.2 Å². The van der Waals surface area contributed by atoms with E-state index in [1.807, 2.05) is 38.1 Å². The summed E-state index contributed by atoms with van der Waals surface area (Å²) in [5.74, 6) is 0.524. The Balaban J connectivity index is 1.97. The molecule has 5 heteroatoms. The van der Waals surface area contributed by atoms with Crippen LogP contribution in [-0.2, 0) is 4.79 Å². The SMILES string of the molecule is CC(C)CC(CO)NC(=O)C=Cc1nc2ccccc2o1. The quantitative estimate of drug-likeness (QED) is 0.800. The molecule has 0 spiro atoms. The molecule has 1 amide bonds. The first-order chi connectivity index (χ1) is 10.1. The molecule has 0 bridgehead atoms. The molecule has 1 aromatic carbocycles. The van der Waals surface area contributed by atoms with Crippen molar-refractivity contribution in [3.05, 3.63) is 36.2 Å². The maximum Gasteiger partial charge on any atom is 0.244 e. The van der Waals surface area contributed by atoms with E-state index >= 15 is 0 Å². The van der Waals surface area contributed by atoms with E-state index in [4.69, 9.17) is 4.42 Å². The van der Waals surface area contributed by atoms with E-state index in [2.05, 4.69) is 10.3 Å². The molecule has 1 heterocycles. The van der Waals surface area contributed by atoms with Crippen molar-refractivity contribution in [2.24, 2.45) is 5.92 Å². The standard InChI is InChI=1S/C16H20N2O3/c1-11(2)9-12(10-19)17-15(20)7-8-16-18-13-5-3-4-6-14(13)21-16/h3-8,11-12,19H,9-10H2,1-2H3,(H,17,20). The van der Waals surface area contributed by atoms with E-state index in [0.717, 1.165) is 11.9 Å². The minimum atomic E-state index is -0.267. The molecular formula is C16H20N2O3. The first-order valence-electron chi connectivity index (χ1n) is 7.03. The van der Waals surface area contributed by atoms with Crippen molar-refractivity contribution >= 4 is 23.1 Å². The number of carbonyl (C=O) groups is 1. The van der Waals surface area contributed by atoms with E-state index in [9.17, 15) is 9.90 Å². The van der Waals surface area contributed by atoms with E-state index in [-0.39, 0.29) is 18.6 Å². The third kappa shape index (κ3) is 4.43. The van der Waals surface area contributed by atoms with Gasteiger partial charge in [-0.05, 0) is 24.5 Å². The van der Waals surface area contributed by atoms with Crippen LogP contribution >= 0.6 is 0 Å². The van der Waals surface area contributed by atoms with Gasteiger partial charge in [0.1, 0.15) is 5.52 Å². The molecule has 1 aromatic heterocycles. The van der Waals surface area contributed by atoms with Gasteiger partial charge >= 0.3 is 0 Å². The average molecular weight is 288 g/mol. The average Bonchev–Trinajstić information content (AvgIpc) is 2.86. The molecule has 5 nitrogen and oxygen atoms in total. The smallest absolute Gasteiger partial charge is 0.244 e. The Morgan fingerprint density at radius 1 is 1.43 bits per heavy atom. The number of para-hydroxylation sites is 2. The Kier molecular flexibility index (Phi) is 5.11. The van der Waals surface area contributed by atoms with Gasteiger partial charge in [-0.15, -0.1) is 0 Å². The second-order valence-corrected chi connectivity index (χ2v) is 5.37. The summed E-state index contributed by atoms with van der Waals surface area (Å²) in [5.41, 5.74) is 1.44. The molecule has 2 rings (SSSR count). The molecule has 2 N–H and O–H groups in total. The summed E-state index contributed by atoms with van der Waals surface area (Å²) >= 11 is 0. The maximum atomic E-state index is 11.8. The lowest BCUT2D eigenvalue weighted by atomic mass is 10.0. The monoisotopic (exact) mass is 288 g/mol. The summed E-state index contributed by atoms with van der Waals surface area (Å²) in [6, 6.07) is 7.19. The summed E-state index contributed by atoms with van der Waals surface area (Å²) in [4.78, 5) is 16.1. The van der Waals surface area contributed by atoms with Crippen LogP contribution in [0.2, 0.25) is 0 Å². The van der Waals surface area contributed by atoms with Gasteiger partial charge in [-0.1, -0.05) is 26.0 Å². The molecule has 0 fully saturated rings. The molecule has 21 heavy (non-hydrogen) atoms. The number of aliphatic hydroxyl groups excluding tert-OH is 1. The van der Waals surface area contributed by atoms with Crippen LogP contribution in [0.4, 0.5) is 0 Å². The first kappa shape index (κ1) is 15.3. The van der Waals surface area contributed by atoms with Gasteiger partial charge in [0.2, 0.25) is 11.8 Å². The molecular weight excluding hydrogens is 268 g/mol. The van der Waals surface area contributed by atoms with Crippen LogP contribution in [0.15, 0.2) is 34.8 Å². The fourth-order valence-corrected chi connectivity index (χ4v) is 2.11. The Morgan fingerprint density at radius 2 is 2.19 bits per heavy atom. The second kappa shape index (κ2) is 7.04. The van der Waals surface area contributed by atoms with Crippen LogP contribution in [0.1, 0.15) is 26.2 Å². The number of hydrogen-bond acceptors (Lipinski definition) is 4. The summed E-state index contributed by atoms with van der Waals surface area (Å²) in [6.07, 6.45) is 3.63. The van der Waals surface area contributed by atoms with Crippen LogP contribution in [0.3, 0.4) is 0 Å². The topological polar surface area (TPSA) is 75.4 Å². The Morgan fingerprint density at radius 3 is 2.86 bits per heavy atom. The van der Waals surface area contributed by atoms with Crippen molar-refractivity contribution in [3.8, 4) is 0 Å². The van der Waals surface area contributed by atoms with Crippen molar-refractivity contribution in [3.63, 3.8) is 0 Å². The number of nitrogens with one attached hydrogen (secondary N) is 1. The molecule has 0 aliphatic rings. The van der Waals surface area contributed by atoms with Gasteiger partial charge in [0.15, 0.2) is 5.58 Å². The normalized spacial score (nSPS) is 13.1. The summed E-state index contributed by atoms with van der Waals surface area (Å²) < 4.78 is 5.49. The molecule has 0 aliphatic heterocycles. The fraction of sp³-hybridized carbons (Fsp3) is 0.375. The van der Waals surface area contributed by atoms with Crippen molar-refractivity contribution in [2.45, 2.75) is 26.3 Å². The lowest BCUT2D eigenvalue weighted by Crippen LogP contribution is -2.37. The molecule has 2 aromatic rings. The van der Waals surface area contributed by atoms with Gasteiger partial charge in [0.25, 0.3) is 0 Å². The van der Waals surface area contributed by atoms with Crippen molar-refractivity contribution < 1.29 is 14.3 Å². The Labute approximate surface area is 123 Å². The van der Waals surface area contributed by atoms with Gasteiger partial charge < -0.3 is 14.8 Å². The molecule has 1 unspecified atom stereocenters. The minimum Gasteiger partial charge on any atom is -0.437 e. The Bertz CT molecular complexity index is 598. The van der Waals surface area contributed by atoms with Crippen LogP contribution in [0.5, 0.6) is 0 Å². The number of amides is 1. The predicted molar refractivity (Wildman–Crippen MR) is 81.5 cm³/mol. The highest BCUT2D eigenvalue weighted by molar-refractivity contribution is 5.91. The molecule has 1 atom stereocenters. The van der Waals surface area contributed by atoms with E-state index < -0.39 is 0 Å². The van der Waals surface area contributed by atoms with Crippen molar-refractivity contribution in [1.29, 1.82) is 0 Å². The zero-order valence-electron chi connectivity index (χ0n) is 12.2. The van der Waals surface area contributed by atoms with Gasteiger partial charge in [-0.2, -0.15) is 0 Å². The molecule has 0 radical (unpaired) electrons. The van der Waals surface area contributed by atoms with E-state index in [0.29, 0.717) is 17.4 Å². The number of aromatic nitrogens is 1. The number of oxazole rings is 1. The van der Waals surface area contributed by atoms with Crippen LogP contribution in [0, 0.1) is 5.92 Å². The largest absolute Gasteiger partial charge is 0.437 e. The number of carbonyl (C=O) groups excluding carboxylic acids is 1. The lowest BCUT2D eigenvalue weighted by Gasteiger charge is -2.16. The second-order valence-electron chi connectivity index (χ2n) is 5.37.